The van der Waals surface area contributed by atoms with Crippen LogP contribution in [0.2, 0.25) is 5.15 Å². The maximum atomic E-state index is 9.33. The van der Waals surface area contributed by atoms with Crippen molar-refractivity contribution in [3.63, 3.8) is 0 Å². The predicted octanol–water partition coefficient (Wildman–Crippen LogP) is 1.63. The van der Waals surface area contributed by atoms with Crippen LogP contribution in [0.5, 0.6) is 0 Å². The molecular formula is C12H18ClN3O2. The maximum Gasteiger partial charge on any atom is 0.140 e. The second-order valence-corrected chi connectivity index (χ2v) is 4.85. The second kappa shape index (κ2) is 6.31. The average molecular weight is 272 g/mol. The molecule has 0 amide bonds. The predicted molar refractivity (Wildman–Crippen MR) is 69.8 cm³/mol. The number of likely N-dealkylation sites (N-methyl/N-ethyl adjacent to an activating group) is 1. The lowest BCUT2D eigenvalue weighted by atomic mass is 10.1. The van der Waals surface area contributed by atoms with Crippen LogP contribution in [0.4, 0.5) is 5.82 Å². The van der Waals surface area contributed by atoms with Crippen LogP contribution < -0.4 is 4.90 Å². The second-order valence-electron chi connectivity index (χ2n) is 4.49. The van der Waals surface area contributed by atoms with Crippen molar-refractivity contribution in [3.8, 4) is 0 Å². The lowest BCUT2D eigenvalue weighted by Gasteiger charge is -2.28. The number of rotatable bonds is 4. The number of anilines is 1. The van der Waals surface area contributed by atoms with E-state index in [4.69, 9.17) is 16.3 Å². The van der Waals surface area contributed by atoms with Gasteiger partial charge in [0, 0.05) is 20.2 Å². The van der Waals surface area contributed by atoms with Gasteiger partial charge in [-0.1, -0.05) is 11.6 Å². The van der Waals surface area contributed by atoms with E-state index in [1.807, 2.05) is 11.9 Å². The zero-order valence-corrected chi connectivity index (χ0v) is 11.2. The fourth-order valence-electron chi connectivity index (χ4n) is 2.19. The highest BCUT2D eigenvalue weighted by molar-refractivity contribution is 6.30. The first-order valence-corrected chi connectivity index (χ1v) is 6.53. The minimum Gasteiger partial charge on any atom is -0.391 e. The zero-order chi connectivity index (χ0) is 13.0. The Kier molecular flexibility index (Phi) is 4.74. The van der Waals surface area contributed by atoms with E-state index < -0.39 is 0 Å². The molecule has 100 valence electrons. The van der Waals surface area contributed by atoms with Crippen LogP contribution in [-0.4, -0.2) is 41.4 Å². The number of aromatic nitrogens is 2. The quantitative estimate of drug-likeness (QED) is 0.844. The van der Waals surface area contributed by atoms with Crippen LogP contribution >= 0.6 is 11.6 Å². The van der Waals surface area contributed by atoms with E-state index in [0.29, 0.717) is 16.5 Å². The molecule has 1 aliphatic heterocycles. The first kappa shape index (κ1) is 13.5. The Balaban J connectivity index is 2.07. The Hall–Kier alpha value is -0.910. The standard InChI is InChI=1S/C12H18ClN3O2/c1-16(6-9-4-2-3-5-18-9)12-10(7-17)11(13)14-8-15-12/h8-9,17H,2-7H2,1H3. The Morgan fingerprint density at radius 3 is 3.00 bits per heavy atom. The van der Waals surface area contributed by atoms with E-state index in [1.54, 1.807) is 0 Å². The van der Waals surface area contributed by atoms with Crippen molar-refractivity contribution >= 4 is 17.4 Å². The summed E-state index contributed by atoms with van der Waals surface area (Å²) in [5.41, 5.74) is 0.567. The fraction of sp³-hybridized carbons (Fsp3) is 0.667. The van der Waals surface area contributed by atoms with Crippen molar-refractivity contribution in [2.24, 2.45) is 0 Å². The zero-order valence-electron chi connectivity index (χ0n) is 10.5. The molecule has 0 aromatic carbocycles. The number of aliphatic hydroxyl groups excluding tert-OH is 1. The van der Waals surface area contributed by atoms with Crippen LogP contribution in [0.3, 0.4) is 0 Å². The van der Waals surface area contributed by atoms with Gasteiger partial charge in [-0.25, -0.2) is 9.97 Å². The Bertz CT molecular complexity index is 397. The number of nitrogens with zero attached hydrogens (tertiary/aromatic N) is 3. The van der Waals surface area contributed by atoms with Crippen LogP contribution in [-0.2, 0) is 11.3 Å². The van der Waals surface area contributed by atoms with Gasteiger partial charge in [0.05, 0.1) is 18.3 Å². The Morgan fingerprint density at radius 1 is 1.50 bits per heavy atom. The summed E-state index contributed by atoms with van der Waals surface area (Å²) in [5, 5.41) is 9.64. The van der Waals surface area contributed by atoms with E-state index in [9.17, 15) is 5.11 Å². The van der Waals surface area contributed by atoms with Crippen molar-refractivity contribution in [2.45, 2.75) is 32.0 Å². The summed E-state index contributed by atoms with van der Waals surface area (Å²) in [4.78, 5) is 10.0. The number of hydrogen-bond acceptors (Lipinski definition) is 5. The van der Waals surface area contributed by atoms with Crippen molar-refractivity contribution in [3.05, 3.63) is 17.0 Å². The highest BCUT2D eigenvalue weighted by Crippen LogP contribution is 2.23. The molecule has 1 aromatic heterocycles. The smallest absolute Gasteiger partial charge is 0.140 e. The molecule has 0 radical (unpaired) electrons. The van der Waals surface area contributed by atoms with E-state index in [1.165, 1.54) is 12.7 Å². The molecule has 1 unspecified atom stereocenters. The van der Waals surface area contributed by atoms with Crippen molar-refractivity contribution in [2.75, 3.05) is 25.1 Å². The molecule has 1 fully saturated rings. The van der Waals surface area contributed by atoms with E-state index in [0.717, 1.165) is 26.0 Å². The fourth-order valence-corrected chi connectivity index (χ4v) is 2.38. The number of hydrogen-bond donors (Lipinski definition) is 1. The van der Waals surface area contributed by atoms with Gasteiger partial charge in [0.15, 0.2) is 0 Å². The van der Waals surface area contributed by atoms with Crippen LogP contribution in [0, 0.1) is 0 Å². The first-order valence-electron chi connectivity index (χ1n) is 6.15. The highest BCUT2D eigenvalue weighted by atomic mass is 35.5. The molecule has 2 heterocycles. The Labute approximate surface area is 112 Å². The molecule has 1 saturated heterocycles. The third-order valence-corrected chi connectivity index (χ3v) is 3.47. The number of aliphatic hydroxyl groups is 1. The normalized spacial score (nSPS) is 19.8. The molecule has 0 aliphatic carbocycles. The van der Waals surface area contributed by atoms with Crippen molar-refractivity contribution < 1.29 is 9.84 Å². The minimum atomic E-state index is -0.162. The van der Waals surface area contributed by atoms with Crippen LogP contribution in [0.25, 0.3) is 0 Å². The number of halogens is 1. The molecule has 0 spiro atoms. The molecule has 0 saturated carbocycles. The molecule has 0 bridgehead atoms. The summed E-state index contributed by atoms with van der Waals surface area (Å²) in [6.45, 7) is 1.42. The summed E-state index contributed by atoms with van der Waals surface area (Å²) in [5.74, 6) is 0.673. The molecule has 1 aliphatic rings. The summed E-state index contributed by atoms with van der Waals surface area (Å²) in [6.07, 6.45) is 5.05. The SMILES string of the molecule is CN(CC1CCCCO1)c1ncnc(Cl)c1CO. The van der Waals surface area contributed by atoms with E-state index in [2.05, 4.69) is 9.97 Å². The monoisotopic (exact) mass is 271 g/mol. The third kappa shape index (κ3) is 3.10. The van der Waals surface area contributed by atoms with Gasteiger partial charge in [0.25, 0.3) is 0 Å². The van der Waals surface area contributed by atoms with Gasteiger partial charge in [-0.2, -0.15) is 0 Å². The van der Waals surface area contributed by atoms with Crippen molar-refractivity contribution in [1.29, 1.82) is 0 Å². The number of ether oxygens (including phenoxy) is 1. The minimum absolute atomic E-state index is 0.162. The average Bonchev–Trinajstić information content (AvgIpc) is 2.39. The summed E-state index contributed by atoms with van der Waals surface area (Å²) in [6, 6.07) is 0. The van der Waals surface area contributed by atoms with Gasteiger partial charge in [0.1, 0.15) is 17.3 Å². The topological polar surface area (TPSA) is 58.5 Å². The lowest BCUT2D eigenvalue weighted by molar-refractivity contribution is 0.0215. The van der Waals surface area contributed by atoms with Gasteiger partial charge in [-0.15, -0.1) is 0 Å². The van der Waals surface area contributed by atoms with E-state index >= 15 is 0 Å². The van der Waals surface area contributed by atoms with Gasteiger partial charge in [0.2, 0.25) is 0 Å². The molecule has 6 heteroatoms. The van der Waals surface area contributed by atoms with Crippen LogP contribution in [0.15, 0.2) is 6.33 Å². The Morgan fingerprint density at radius 2 is 2.33 bits per heavy atom. The van der Waals surface area contributed by atoms with Gasteiger partial charge < -0.3 is 14.7 Å². The molecule has 1 N–H and O–H groups in total. The maximum absolute atomic E-state index is 9.33. The molecular weight excluding hydrogens is 254 g/mol. The molecule has 1 aromatic rings. The first-order chi connectivity index (χ1) is 8.72. The third-order valence-electron chi connectivity index (χ3n) is 3.14. The van der Waals surface area contributed by atoms with Crippen LogP contribution in [0.1, 0.15) is 24.8 Å². The van der Waals surface area contributed by atoms with Gasteiger partial charge in [-0.05, 0) is 19.3 Å². The summed E-state index contributed by atoms with van der Waals surface area (Å²) < 4.78 is 5.69. The molecule has 1 atom stereocenters. The van der Waals surface area contributed by atoms with Crippen molar-refractivity contribution in [1.82, 2.24) is 9.97 Å². The molecule has 2 rings (SSSR count). The van der Waals surface area contributed by atoms with E-state index in [-0.39, 0.29) is 12.7 Å². The van der Waals surface area contributed by atoms with Gasteiger partial charge in [-0.3, -0.25) is 0 Å². The van der Waals surface area contributed by atoms with Gasteiger partial charge >= 0.3 is 0 Å². The molecule has 18 heavy (non-hydrogen) atoms. The lowest BCUT2D eigenvalue weighted by Crippen LogP contribution is -2.34. The molecule has 5 nitrogen and oxygen atoms in total. The summed E-state index contributed by atoms with van der Waals surface area (Å²) >= 11 is 5.95. The highest BCUT2D eigenvalue weighted by Gasteiger charge is 2.19. The largest absolute Gasteiger partial charge is 0.391 e. The summed E-state index contributed by atoms with van der Waals surface area (Å²) in [7, 11) is 1.93.